The molecule has 0 spiro atoms. The number of hydrogen-bond acceptors (Lipinski definition) is 5. The molecule has 28 heavy (non-hydrogen) atoms. The first-order valence-corrected chi connectivity index (χ1v) is 10.3. The molecule has 0 atom stereocenters. The van der Waals surface area contributed by atoms with Gasteiger partial charge in [-0.25, -0.2) is 14.6 Å². The van der Waals surface area contributed by atoms with Crippen LogP contribution in [0.15, 0.2) is 64.5 Å². The van der Waals surface area contributed by atoms with Crippen LogP contribution in [0.1, 0.15) is 36.0 Å². The molecule has 1 aliphatic rings. The summed E-state index contributed by atoms with van der Waals surface area (Å²) >= 11 is 1.52. The van der Waals surface area contributed by atoms with Gasteiger partial charge in [0.1, 0.15) is 11.5 Å². The number of benzene rings is 1. The van der Waals surface area contributed by atoms with Crippen LogP contribution in [0.5, 0.6) is 0 Å². The van der Waals surface area contributed by atoms with E-state index in [1.807, 2.05) is 60.1 Å². The van der Waals surface area contributed by atoms with Gasteiger partial charge in [-0.15, -0.1) is 5.10 Å². The predicted octanol–water partition coefficient (Wildman–Crippen LogP) is 3.75. The Morgan fingerprint density at radius 3 is 2.68 bits per heavy atom. The fourth-order valence-electron chi connectivity index (χ4n) is 3.31. The molecule has 7 heteroatoms. The molecule has 0 N–H and O–H groups in total. The summed E-state index contributed by atoms with van der Waals surface area (Å²) in [6, 6.07) is 17.4. The fourth-order valence-corrected chi connectivity index (χ4v) is 4.03. The molecule has 1 aliphatic carbocycles. The lowest BCUT2D eigenvalue weighted by Gasteiger charge is -2.05. The maximum Gasteiger partial charge on any atom is 0.258 e. The summed E-state index contributed by atoms with van der Waals surface area (Å²) in [6.45, 7) is 1.91. The van der Waals surface area contributed by atoms with Crippen molar-refractivity contribution < 1.29 is 0 Å². The summed E-state index contributed by atoms with van der Waals surface area (Å²) < 4.78 is 3.58. The Morgan fingerprint density at radius 1 is 1.07 bits per heavy atom. The van der Waals surface area contributed by atoms with E-state index in [1.54, 1.807) is 10.5 Å². The van der Waals surface area contributed by atoms with Gasteiger partial charge in [0.15, 0.2) is 0 Å². The molecule has 0 radical (unpaired) electrons. The maximum absolute atomic E-state index is 12.5. The summed E-state index contributed by atoms with van der Waals surface area (Å²) in [5.41, 5.74) is 3.27. The molecule has 0 bridgehead atoms. The second-order valence-electron chi connectivity index (χ2n) is 7.01. The van der Waals surface area contributed by atoms with E-state index in [-0.39, 0.29) is 5.56 Å². The summed E-state index contributed by atoms with van der Waals surface area (Å²) in [6.07, 6.45) is 2.33. The van der Waals surface area contributed by atoms with Gasteiger partial charge in [0.25, 0.3) is 5.56 Å². The van der Waals surface area contributed by atoms with Crippen LogP contribution in [-0.2, 0) is 5.75 Å². The molecular formula is C21H19N5OS. The number of rotatable bonds is 5. The molecule has 1 aromatic carbocycles. The number of pyridine rings is 1. The lowest BCUT2D eigenvalue weighted by atomic mass is 10.3. The molecule has 0 aliphatic heterocycles. The van der Waals surface area contributed by atoms with E-state index < -0.39 is 0 Å². The largest absolute Gasteiger partial charge is 0.269 e. The number of fused-ring (bicyclic) bond motifs is 1. The molecule has 3 heterocycles. The van der Waals surface area contributed by atoms with Crippen LogP contribution in [0.25, 0.3) is 11.3 Å². The first kappa shape index (κ1) is 17.2. The third-order valence-corrected chi connectivity index (χ3v) is 5.71. The van der Waals surface area contributed by atoms with Crippen LogP contribution in [0.2, 0.25) is 0 Å². The Hall–Kier alpha value is -2.93. The van der Waals surface area contributed by atoms with Crippen molar-refractivity contribution in [2.75, 3.05) is 0 Å². The number of nitrogens with zero attached hydrogens (tertiary/aromatic N) is 5. The van der Waals surface area contributed by atoms with Crippen molar-refractivity contribution in [3.05, 3.63) is 82.2 Å². The minimum absolute atomic E-state index is 0.0554. The number of thioether (sulfide) groups is 1. The fraction of sp³-hybridized carbons (Fsp3) is 0.238. The molecule has 0 amide bonds. The summed E-state index contributed by atoms with van der Waals surface area (Å²) in [5, 5.41) is 5.43. The van der Waals surface area contributed by atoms with E-state index in [9.17, 15) is 4.79 Å². The van der Waals surface area contributed by atoms with Crippen molar-refractivity contribution in [3.8, 4) is 5.69 Å². The highest BCUT2D eigenvalue weighted by Gasteiger charge is 2.30. The van der Waals surface area contributed by atoms with Crippen LogP contribution >= 0.6 is 11.8 Å². The second-order valence-corrected chi connectivity index (χ2v) is 7.95. The monoisotopic (exact) mass is 389 g/mol. The zero-order chi connectivity index (χ0) is 19.1. The average molecular weight is 389 g/mol. The van der Waals surface area contributed by atoms with Crippen molar-refractivity contribution in [1.82, 2.24) is 24.1 Å². The molecule has 140 valence electrons. The summed E-state index contributed by atoms with van der Waals surface area (Å²) in [7, 11) is 0. The topological polar surface area (TPSA) is 65.1 Å². The number of aromatic nitrogens is 5. The minimum Gasteiger partial charge on any atom is -0.269 e. The third-order valence-electron chi connectivity index (χ3n) is 4.84. The standard InChI is InChI=1S/C21H19N5OS/c1-14-6-5-9-18-22-16(12-19(27)25(14)18)13-28-21-23-20(15-10-11-15)26(24-21)17-7-3-2-4-8-17/h2-9,12,15H,10-11,13H2,1H3. The van der Waals surface area contributed by atoms with Crippen LogP contribution < -0.4 is 5.56 Å². The average Bonchev–Trinajstić information content (AvgIpc) is 3.46. The summed E-state index contributed by atoms with van der Waals surface area (Å²) in [5.74, 6) is 2.08. The molecule has 6 nitrogen and oxygen atoms in total. The molecule has 0 unspecified atom stereocenters. The smallest absolute Gasteiger partial charge is 0.258 e. The van der Waals surface area contributed by atoms with Crippen molar-refractivity contribution >= 4 is 17.4 Å². The van der Waals surface area contributed by atoms with Gasteiger partial charge >= 0.3 is 0 Å². The summed E-state index contributed by atoms with van der Waals surface area (Å²) in [4.78, 5) is 21.8. The third kappa shape index (κ3) is 3.22. The Morgan fingerprint density at radius 2 is 1.89 bits per heavy atom. The minimum atomic E-state index is -0.0554. The SMILES string of the molecule is Cc1cccc2nc(CSc3nc(C4CC4)n(-c4ccccc4)n3)cc(=O)n12. The quantitative estimate of drug-likeness (QED) is 0.486. The van der Waals surface area contributed by atoms with Gasteiger partial charge in [-0.2, -0.15) is 0 Å². The number of aryl methyl sites for hydroxylation is 1. The van der Waals surface area contributed by atoms with Crippen LogP contribution in [0.4, 0.5) is 0 Å². The van der Waals surface area contributed by atoms with E-state index in [0.717, 1.165) is 40.9 Å². The van der Waals surface area contributed by atoms with Crippen molar-refractivity contribution in [1.29, 1.82) is 0 Å². The van der Waals surface area contributed by atoms with E-state index in [1.165, 1.54) is 11.8 Å². The Labute approximate surface area is 166 Å². The number of para-hydroxylation sites is 1. The Bertz CT molecular complexity index is 1210. The molecule has 3 aromatic heterocycles. The van der Waals surface area contributed by atoms with Crippen LogP contribution in [0, 0.1) is 6.92 Å². The van der Waals surface area contributed by atoms with Gasteiger partial charge in [-0.05, 0) is 44.0 Å². The van der Waals surface area contributed by atoms with E-state index in [4.69, 9.17) is 10.1 Å². The number of hydrogen-bond donors (Lipinski definition) is 0. The normalized spacial score (nSPS) is 13.9. The van der Waals surface area contributed by atoms with Gasteiger partial charge in [-0.1, -0.05) is 36.0 Å². The van der Waals surface area contributed by atoms with Gasteiger partial charge in [0.2, 0.25) is 5.16 Å². The molecule has 0 saturated heterocycles. The molecule has 1 fully saturated rings. The Kier molecular flexibility index (Phi) is 4.24. The van der Waals surface area contributed by atoms with Gasteiger partial charge < -0.3 is 0 Å². The van der Waals surface area contributed by atoms with E-state index in [0.29, 0.717) is 17.3 Å². The van der Waals surface area contributed by atoms with Crippen molar-refractivity contribution in [3.63, 3.8) is 0 Å². The lowest BCUT2D eigenvalue weighted by Crippen LogP contribution is -2.17. The highest BCUT2D eigenvalue weighted by Crippen LogP contribution is 2.40. The molecule has 5 rings (SSSR count). The van der Waals surface area contributed by atoms with E-state index >= 15 is 0 Å². The molecular weight excluding hydrogens is 370 g/mol. The predicted molar refractivity (Wildman–Crippen MR) is 109 cm³/mol. The van der Waals surface area contributed by atoms with Gasteiger partial charge in [0.05, 0.1) is 11.4 Å². The molecule has 1 saturated carbocycles. The van der Waals surface area contributed by atoms with Crippen molar-refractivity contribution in [2.45, 2.75) is 36.6 Å². The van der Waals surface area contributed by atoms with Crippen molar-refractivity contribution in [2.24, 2.45) is 0 Å². The lowest BCUT2D eigenvalue weighted by molar-refractivity contribution is 0.782. The first-order chi connectivity index (χ1) is 13.7. The highest BCUT2D eigenvalue weighted by molar-refractivity contribution is 7.98. The zero-order valence-electron chi connectivity index (χ0n) is 15.4. The Balaban J connectivity index is 1.43. The highest BCUT2D eigenvalue weighted by atomic mass is 32.2. The zero-order valence-corrected chi connectivity index (χ0v) is 16.3. The van der Waals surface area contributed by atoms with Crippen LogP contribution in [0.3, 0.4) is 0 Å². The van der Waals surface area contributed by atoms with Crippen LogP contribution in [-0.4, -0.2) is 24.1 Å². The van der Waals surface area contributed by atoms with Gasteiger partial charge in [-0.3, -0.25) is 9.20 Å². The van der Waals surface area contributed by atoms with Gasteiger partial charge in [0, 0.05) is 23.4 Å². The van der Waals surface area contributed by atoms with E-state index in [2.05, 4.69) is 4.98 Å². The molecule has 4 aromatic rings. The maximum atomic E-state index is 12.5. The second kappa shape index (κ2) is 6.91. The first-order valence-electron chi connectivity index (χ1n) is 9.32.